The molecule has 3 rings (SSSR count). The van der Waals surface area contributed by atoms with E-state index in [9.17, 15) is 4.79 Å². The van der Waals surface area contributed by atoms with Crippen LogP contribution in [0.5, 0.6) is 0 Å². The molecule has 3 heterocycles. The topological polar surface area (TPSA) is 69.0 Å². The van der Waals surface area contributed by atoms with Crippen LogP contribution in [-0.4, -0.2) is 39.7 Å². The fraction of sp³-hybridized carbons (Fsp3) is 0.357. The Hall–Kier alpha value is -2.21. The Bertz CT molecular complexity index is 577. The van der Waals surface area contributed by atoms with Crippen molar-refractivity contribution >= 4 is 5.91 Å². The lowest BCUT2D eigenvalue weighted by atomic mass is 10.1. The molecule has 0 saturated carbocycles. The Morgan fingerprint density at radius 3 is 2.95 bits per heavy atom. The summed E-state index contributed by atoms with van der Waals surface area (Å²) in [4.78, 5) is 20.5. The summed E-state index contributed by atoms with van der Waals surface area (Å²) in [7, 11) is 0. The Balaban J connectivity index is 1.73. The molecule has 0 spiro atoms. The number of carbonyl (C=O) groups is 1. The largest absolute Gasteiger partial charge is 0.381 e. The number of imidazole rings is 1. The van der Waals surface area contributed by atoms with Gasteiger partial charge in [0.25, 0.3) is 5.91 Å². The third-order valence-corrected chi connectivity index (χ3v) is 3.29. The van der Waals surface area contributed by atoms with Crippen molar-refractivity contribution in [2.24, 2.45) is 0 Å². The van der Waals surface area contributed by atoms with E-state index in [1.54, 1.807) is 29.4 Å². The lowest BCUT2D eigenvalue weighted by Crippen LogP contribution is -2.39. The molecular formula is C14H16N4O2. The Kier molecular flexibility index (Phi) is 3.73. The molecule has 2 aromatic rings. The molecule has 0 aliphatic carbocycles. The van der Waals surface area contributed by atoms with Crippen LogP contribution in [0.3, 0.4) is 0 Å². The van der Waals surface area contributed by atoms with Gasteiger partial charge in [0.05, 0.1) is 0 Å². The first-order valence-corrected chi connectivity index (χ1v) is 6.67. The number of hydrogen-bond acceptors (Lipinski definition) is 4. The molecular weight excluding hydrogens is 256 g/mol. The highest BCUT2D eigenvalue weighted by atomic mass is 16.5. The van der Waals surface area contributed by atoms with E-state index < -0.39 is 0 Å². The van der Waals surface area contributed by atoms with E-state index in [0.29, 0.717) is 24.7 Å². The summed E-state index contributed by atoms with van der Waals surface area (Å²) in [6.45, 7) is 1.40. The highest BCUT2D eigenvalue weighted by Crippen LogP contribution is 2.09. The SMILES string of the molecule is O=C(NC1CCOCC1)c1cccc(-n2ccnc2)n1. The zero-order valence-corrected chi connectivity index (χ0v) is 11.0. The Morgan fingerprint density at radius 1 is 1.35 bits per heavy atom. The minimum Gasteiger partial charge on any atom is -0.381 e. The van der Waals surface area contributed by atoms with Crippen LogP contribution in [0, 0.1) is 0 Å². The maximum absolute atomic E-state index is 12.2. The van der Waals surface area contributed by atoms with Gasteiger partial charge in [0.1, 0.15) is 17.8 Å². The standard InChI is InChI=1S/C14H16N4O2/c19-14(16-11-4-8-20-9-5-11)12-2-1-3-13(17-12)18-7-6-15-10-18/h1-3,6-7,10-11H,4-5,8-9H2,(H,16,19). The summed E-state index contributed by atoms with van der Waals surface area (Å²) in [6.07, 6.45) is 6.83. The number of hydrogen-bond donors (Lipinski definition) is 1. The van der Waals surface area contributed by atoms with Gasteiger partial charge in [0, 0.05) is 31.6 Å². The second-order valence-corrected chi connectivity index (χ2v) is 4.71. The Labute approximate surface area is 116 Å². The van der Waals surface area contributed by atoms with Crippen molar-refractivity contribution in [2.75, 3.05) is 13.2 Å². The number of rotatable bonds is 3. The molecule has 2 aromatic heterocycles. The van der Waals surface area contributed by atoms with Crippen molar-refractivity contribution in [2.45, 2.75) is 18.9 Å². The van der Waals surface area contributed by atoms with Gasteiger partial charge in [-0.3, -0.25) is 9.36 Å². The van der Waals surface area contributed by atoms with Gasteiger partial charge in [-0.05, 0) is 25.0 Å². The molecule has 1 saturated heterocycles. The number of nitrogens with one attached hydrogen (secondary N) is 1. The first kappa shape index (κ1) is 12.8. The van der Waals surface area contributed by atoms with Gasteiger partial charge in [-0.15, -0.1) is 0 Å². The van der Waals surface area contributed by atoms with E-state index >= 15 is 0 Å². The van der Waals surface area contributed by atoms with Crippen LogP contribution in [0.15, 0.2) is 36.9 Å². The van der Waals surface area contributed by atoms with Crippen molar-refractivity contribution in [1.29, 1.82) is 0 Å². The van der Waals surface area contributed by atoms with Crippen molar-refractivity contribution in [3.05, 3.63) is 42.6 Å². The summed E-state index contributed by atoms with van der Waals surface area (Å²) >= 11 is 0. The lowest BCUT2D eigenvalue weighted by Gasteiger charge is -2.22. The third-order valence-electron chi connectivity index (χ3n) is 3.29. The summed E-state index contributed by atoms with van der Waals surface area (Å²) in [5, 5.41) is 3.00. The first-order valence-electron chi connectivity index (χ1n) is 6.67. The van der Waals surface area contributed by atoms with E-state index in [4.69, 9.17) is 4.74 Å². The number of aromatic nitrogens is 3. The monoisotopic (exact) mass is 272 g/mol. The van der Waals surface area contributed by atoms with E-state index in [-0.39, 0.29) is 11.9 Å². The second-order valence-electron chi connectivity index (χ2n) is 4.71. The zero-order chi connectivity index (χ0) is 13.8. The fourth-order valence-corrected chi connectivity index (χ4v) is 2.19. The molecule has 1 amide bonds. The quantitative estimate of drug-likeness (QED) is 0.911. The molecule has 0 atom stereocenters. The molecule has 0 bridgehead atoms. The van der Waals surface area contributed by atoms with Crippen molar-refractivity contribution in [1.82, 2.24) is 19.9 Å². The Morgan fingerprint density at radius 2 is 2.20 bits per heavy atom. The van der Waals surface area contributed by atoms with Crippen LogP contribution < -0.4 is 5.32 Å². The number of nitrogens with zero attached hydrogens (tertiary/aromatic N) is 3. The van der Waals surface area contributed by atoms with Gasteiger partial charge in [0.2, 0.25) is 0 Å². The van der Waals surface area contributed by atoms with E-state index in [1.165, 1.54) is 0 Å². The molecule has 1 N–H and O–H groups in total. The van der Waals surface area contributed by atoms with Crippen molar-refractivity contribution < 1.29 is 9.53 Å². The van der Waals surface area contributed by atoms with Crippen molar-refractivity contribution in [3.63, 3.8) is 0 Å². The highest BCUT2D eigenvalue weighted by molar-refractivity contribution is 5.92. The lowest BCUT2D eigenvalue weighted by molar-refractivity contribution is 0.0694. The zero-order valence-electron chi connectivity index (χ0n) is 11.0. The van der Waals surface area contributed by atoms with Gasteiger partial charge in [-0.25, -0.2) is 9.97 Å². The van der Waals surface area contributed by atoms with Gasteiger partial charge in [-0.1, -0.05) is 6.07 Å². The van der Waals surface area contributed by atoms with Gasteiger partial charge >= 0.3 is 0 Å². The average Bonchev–Trinajstić information content (AvgIpc) is 3.03. The van der Waals surface area contributed by atoms with Crippen molar-refractivity contribution in [3.8, 4) is 5.82 Å². The van der Waals surface area contributed by atoms with Gasteiger partial charge in [-0.2, -0.15) is 0 Å². The van der Waals surface area contributed by atoms with Crippen LogP contribution in [0.4, 0.5) is 0 Å². The fourth-order valence-electron chi connectivity index (χ4n) is 2.19. The smallest absolute Gasteiger partial charge is 0.270 e. The predicted molar refractivity (Wildman–Crippen MR) is 72.7 cm³/mol. The normalized spacial score (nSPS) is 16.0. The van der Waals surface area contributed by atoms with Crippen LogP contribution >= 0.6 is 0 Å². The average molecular weight is 272 g/mol. The molecule has 20 heavy (non-hydrogen) atoms. The number of ether oxygens (including phenoxy) is 1. The minimum atomic E-state index is -0.140. The molecule has 1 aliphatic heterocycles. The summed E-state index contributed by atoms with van der Waals surface area (Å²) in [6, 6.07) is 5.55. The molecule has 0 radical (unpaired) electrons. The van der Waals surface area contributed by atoms with E-state index in [2.05, 4.69) is 15.3 Å². The molecule has 1 fully saturated rings. The highest BCUT2D eigenvalue weighted by Gasteiger charge is 2.17. The predicted octanol–water partition coefficient (Wildman–Crippen LogP) is 1.18. The third kappa shape index (κ3) is 2.85. The summed E-state index contributed by atoms with van der Waals surface area (Å²) in [5.74, 6) is 0.543. The molecule has 6 nitrogen and oxygen atoms in total. The van der Waals surface area contributed by atoms with Crippen LogP contribution in [0.1, 0.15) is 23.3 Å². The molecule has 0 unspecified atom stereocenters. The molecule has 6 heteroatoms. The van der Waals surface area contributed by atoms with Crippen LogP contribution in [0.25, 0.3) is 5.82 Å². The van der Waals surface area contributed by atoms with Crippen LogP contribution in [-0.2, 0) is 4.74 Å². The van der Waals surface area contributed by atoms with Gasteiger partial charge in [0.15, 0.2) is 0 Å². The maximum atomic E-state index is 12.2. The van der Waals surface area contributed by atoms with Crippen LogP contribution in [0.2, 0.25) is 0 Å². The first-order chi connectivity index (χ1) is 9.83. The number of carbonyl (C=O) groups excluding carboxylic acids is 1. The minimum absolute atomic E-state index is 0.140. The summed E-state index contributed by atoms with van der Waals surface area (Å²) in [5.41, 5.74) is 0.419. The summed E-state index contributed by atoms with van der Waals surface area (Å²) < 4.78 is 7.05. The van der Waals surface area contributed by atoms with E-state index in [0.717, 1.165) is 12.8 Å². The maximum Gasteiger partial charge on any atom is 0.270 e. The second kappa shape index (κ2) is 5.83. The number of amides is 1. The molecule has 104 valence electrons. The molecule has 1 aliphatic rings. The molecule has 0 aromatic carbocycles. The van der Waals surface area contributed by atoms with Gasteiger partial charge < -0.3 is 10.1 Å². The number of pyridine rings is 1. The van der Waals surface area contributed by atoms with E-state index in [1.807, 2.05) is 12.1 Å².